The highest BCUT2D eigenvalue weighted by Crippen LogP contribution is 2.42. The third-order valence-electron chi connectivity index (χ3n) is 4.65. The number of hydrogen-bond donors (Lipinski definition) is 9. The van der Waals surface area contributed by atoms with E-state index < -0.39 is 67.3 Å². The van der Waals surface area contributed by atoms with Gasteiger partial charge in [0.15, 0.2) is 17.5 Å². The van der Waals surface area contributed by atoms with E-state index >= 15 is 0 Å². The molecule has 11 nitrogen and oxygen atoms in total. The minimum atomic E-state index is -3.00. The lowest BCUT2D eigenvalue weighted by atomic mass is 9.68. The first-order chi connectivity index (χ1) is 10.6. The Hall–Kier alpha value is -0.440. The van der Waals surface area contributed by atoms with Crippen molar-refractivity contribution in [1.29, 1.82) is 0 Å². The molecule has 0 aromatic heterocycles. The summed E-state index contributed by atoms with van der Waals surface area (Å²) < 4.78 is 9.88. The van der Waals surface area contributed by atoms with E-state index in [1.165, 1.54) is 0 Å². The van der Waals surface area contributed by atoms with Crippen LogP contribution in [0, 0.1) is 0 Å². The van der Waals surface area contributed by atoms with Gasteiger partial charge >= 0.3 is 0 Å². The SMILES string of the molecule is NC[C@H]1OC[C@](O)([C@]2(O)[C@@H](O)O[C@H](CO)[C@@H](O)[C@@H]2O)[C@@H](O)[C@@H]1O. The molecule has 2 heterocycles. The third kappa shape index (κ3) is 2.58. The summed E-state index contributed by atoms with van der Waals surface area (Å²) in [5, 5.41) is 80.3. The maximum atomic E-state index is 10.6. The second-order valence-electron chi connectivity index (χ2n) is 5.92. The summed E-state index contributed by atoms with van der Waals surface area (Å²) in [6, 6.07) is 0. The average molecular weight is 341 g/mol. The fourth-order valence-electron chi connectivity index (χ4n) is 3.04. The minimum absolute atomic E-state index is 0.191. The second-order valence-corrected chi connectivity index (χ2v) is 5.92. The number of hydrogen-bond acceptors (Lipinski definition) is 11. The molecule has 2 rings (SSSR count). The Morgan fingerprint density at radius 2 is 1.52 bits per heavy atom. The molecule has 136 valence electrons. The van der Waals surface area contributed by atoms with Gasteiger partial charge in [0.2, 0.25) is 0 Å². The Labute approximate surface area is 131 Å². The molecule has 10 N–H and O–H groups in total. The molecule has 23 heavy (non-hydrogen) atoms. The van der Waals surface area contributed by atoms with Crippen LogP contribution >= 0.6 is 0 Å². The molecule has 2 aliphatic rings. The molecule has 0 spiro atoms. The largest absolute Gasteiger partial charge is 0.394 e. The summed E-state index contributed by atoms with van der Waals surface area (Å²) in [5.41, 5.74) is -0.444. The lowest BCUT2D eigenvalue weighted by Gasteiger charge is -2.56. The van der Waals surface area contributed by atoms with Crippen molar-refractivity contribution in [2.24, 2.45) is 5.73 Å². The molecule has 0 aromatic rings. The van der Waals surface area contributed by atoms with Crippen molar-refractivity contribution in [2.45, 2.75) is 54.1 Å². The summed E-state index contributed by atoms with van der Waals surface area (Å²) in [5.74, 6) is 0. The van der Waals surface area contributed by atoms with E-state index in [-0.39, 0.29) is 6.54 Å². The van der Waals surface area contributed by atoms with Crippen LogP contribution in [0.2, 0.25) is 0 Å². The Balaban J connectivity index is 2.37. The highest BCUT2D eigenvalue weighted by atomic mass is 16.6. The van der Waals surface area contributed by atoms with Crippen molar-refractivity contribution in [3.05, 3.63) is 0 Å². The second kappa shape index (κ2) is 6.46. The highest BCUT2D eigenvalue weighted by molar-refractivity contribution is 5.17. The molecule has 0 saturated carbocycles. The van der Waals surface area contributed by atoms with Crippen LogP contribution in [0.4, 0.5) is 0 Å². The van der Waals surface area contributed by atoms with Gasteiger partial charge in [-0.3, -0.25) is 0 Å². The van der Waals surface area contributed by atoms with Crippen molar-refractivity contribution >= 4 is 0 Å². The minimum Gasteiger partial charge on any atom is -0.394 e. The third-order valence-corrected chi connectivity index (χ3v) is 4.65. The maximum Gasteiger partial charge on any atom is 0.190 e. The van der Waals surface area contributed by atoms with Crippen LogP contribution in [0.1, 0.15) is 0 Å². The summed E-state index contributed by atoms with van der Waals surface area (Å²) >= 11 is 0. The van der Waals surface area contributed by atoms with E-state index in [9.17, 15) is 35.7 Å². The van der Waals surface area contributed by atoms with Gasteiger partial charge in [-0.2, -0.15) is 0 Å². The molecule has 0 bridgehead atoms. The first kappa shape index (κ1) is 18.9. The Morgan fingerprint density at radius 3 is 2.04 bits per heavy atom. The lowest BCUT2D eigenvalue weighted by molar-refractivity contribution is -0.398. The topological polar surface area (TPSA) is 206 Å². The van der Waals surface area contributed by atoms with E-state index in [0.29, 0.717) is 0 Å². The van der Waals surface area contributed by atoms with Crippen molar-refractivity contribution in [1.82, 2.24) is 0 Å². The molecule has 2 aliphatic heterocycles. The summed E-state index contributed by atoms with van der Waals surface area (Å²) in [4.78, 5) is 0. The van der Waals surface area contributed by atoms with Crippen LogP contribution in [0.25, 0.3) is 0 Å². The quantitative estimate of drug-likeness (QED) is 0.236. The zero-order chi connectivity index (χ0) is 17.6. The van der Waals surface area contributed by atoms with E-state index in [1.807, 2.05) is 0 Å². The molecule has 0 aromatic carbocycles. The molecule has 0 amide bonds. The van der Waals surface area contributed by atoms with Crippen LogP contribution in [0.5, 0.6) is 0 Å². The predicted octanol–water partition coefficient (Wildman–Crippen LogP) is -6.04. The number of aliphatic hydroxyl groups excluding tert-OH is 6. The number of nitrogens with two attached hydrogens (primary N) is 1. The van der Waals surface area contributed by atoms with Crippen molar-refractivity contribution in [3.63, 3.8) is 0 Å². The van der Waals surface area contributed by atoms with Gasteiger partial charge in [-0.15, -0.1) is 0 Å². The molecule has 9 atom stereocenters. The van der Waals surface area contributed by atoms with Gasteiger partial charge < -0.3 is 56.1 Å². The molecule has 2 fully saturated rings. The Kier molecular flexibility index (Phi) is 5.31. The van der Waals surface area contributed by atoms with E-state index in [2.05, 4.69) is 0 Å². The molecular weight excluding hydrogens is 318 g/mol. The highest BCUT2D eigenvalue weighted by Gasteiger charge is 2.70. The van der Waals surface area contributed by atoms with Gasteiger partial charge in [-0.25, -0.2) is 0 Å². The zero-order valence-electron chi connectivity index (χ0n) is 12.1. The number of aliphatic hydroxyl groups is 8. The van der Waals surface area contributed by atoms with E-state index in [0.717, 1.165) is 0 Å². The van der Waals surface area contributed by atoms with Crippen LogP contribution in [-0.4, -0.2) is 115 Å². The van der Waals surface area contributed by atoms with Gasteiger partial charge in [0.1, 0.15) is 30.5 Å². The molecule has 0 unspecified atom stereocenters. The fourth-order valence-corrected chi connectivity index (χ4v) is 3.04. The van der Waals surface area contributed by atoms with Gasteiger partial charge in [-0.05, 0) is 0 Å². The summed E-state index contributed by atoms with van der Waals surface area (Å²) in [7, 11) is 0. The van der Waals surface area contributed by atoms with Crippen LogP contribution in [-0.2, 0) is 9.47 Å². The Bertz CT molecular complexity index is 427. The number of ether oxygens (including phenoxy) is 2. The van der Waals surface area contributed by atoms with Crippen LogP contribution < -0.4 is 5.73 Å². The van der Waals surface area contributed by atoms with Crippen LogP contribution in [0.3, 0.4) is 0 Å². The average Bonchev–Trinajstić information content (AvgIpc) is 2.54. The summed E-state index contributed by atoms with van der Waals surface area (Å²) in [6.45, 7) is -1.78. The molecule has 11 heteroatoms. The van der Waals surface area contributed by atoms with E-state index in [1.54, 1.807) is 0 Å². The first-order valence-corrected chi connectivity index (χ1v) is 7.08. The van der Waals surface area contributed by atoms with Crippen molar-refractivity contribution in [3.8, 4) is 0 Å². The van der Waals surface area contributed by atoms with Crippen molar-refractivity contribution in [2.75, 3.05) is 19.8 Å². The predicted molar refractivity (Wildman–Crippen MR) is 70.7 cm³/mol. The first-order valence-electron chi connectivity index (χ1n) is 7.08. The molecule has 2 saturated heterocycles. The smallest absolute Gasteiger partial charge is 0.190 e. The van der Waals surface area contributed by atoms with E-state index in [4.69, 9.17) is 20.3 Å². The van der Waals surface area contributed by atoms with Gasteiger partial charge in [0.25, 0.3) is 0 Å². The molecule has 0 aliphatic carbocycles. The van der Waals surface area contributed by atoms with Gasteiger partial charge in [0.05, 0.1) is 19.3 Å². The van der Waals surface area contributed by atoms with Crippen LogP contribution in [0.15, 0.2) is 0 Å². The monoisotopic (exact) mass is 341 g/mol. The standard InChI is InChI=1S/C12H23NO10/c13-1-4-6(15)8(17)11(20,3-22-4)12(21)9(18)7(16)5(2-14)23-10(12)19/h4-10,14-21H,1-3,13H2/t4-,5-,6-,7-,8+,9+,10+,11-,12-/m1/s1. The van der Waals surface area contributed by atoms with Gasteiger partial charge in [0, 0.05) is 6.54 Å². The van der Waals surface area contributed by atoms with Gasteiger partial charge in [-0.1, -0.05) is 0 Å². The maximum absolute atomic E-state index is 10.6. The molecular formula is C12H23NO10. The number of rotatable bonds is 3. The fraction of sp³-hybridized carbons (Fsp3) is 1.00. The normalized spacial score (nSPS) is 54.9. The lowest BCUT2D eigenvalue weighted by Crippen LogP contribution is -2.82. The van der Waals surface area contributed by atoms with Crippen molar-refractivity contribution < 1.29 is 50.3 Å². The molecule has 0 radical (unpaired) electrons. The zero-order valence-corrected chi connectivity index (χ0v) is 12.1. The Morgan fingerprint density at radius 1 is 0.957 bits per heavy atom. The summed E-state index contributed by atoms with van der Waals surface area (Å²) in [6.07, 6.45) is -12.6.